The third-order valence-corrected chi connectivity index (χ3v) is 5.11. The molecule has 0 spiro atoms. The van der Waals surface area contributed by atoms with Crippen LogP contribution in [0.1, 0.15) is 18.5 Å². The van der Waals surface area contributed by atoms with E-state index in [0.29, 0.717) is 17.1 Å². The number of hydrogen-bond acceptors (Lipinski definition) is 7. The lowest BCUT2D eigenvalue weighted by molar-refractivity contribution is -0.113. The van der Waals surface area contributed by atoms with Gasteiger partial charge in [0.1, 0.15) is 18.1 Å². The molecule has 1 aliphatic rings. The largest absolute Gasteiger partial charge is 0.495 e. The molecular weight excluding hydrogens is 474 g/mol. The third-order valence-electron chi connectivity index (χ3n) is 5.11. The van der Waals surface area contributed by atoms with Crippen molar-refractivity contribution < 1.29 is 36.6 Å². The predicted molar refractivity (Wildman–Crippen MR) is 116 cm³/mol. The fraction of sp³-hybridized carbons (Fsp3) is 0.227. The van der Waals surface area contributed by atoms with Gasteiger partial charge in [-0.15, -0.1) is 0 Å². The first-order valence-corrected chi connectivity index (χ1v) is 10.1. The molecule has 0 bridgehead atoms. The molecule has 35 heavy (non-hydrogen) atoms. The molecule has 0 saturated carbocycles. The Bertz CT molecular complexity index is 1260. The van der Waals surface area contributed by atoms with E-state index in [0.717, 1.165) is 12.1 Å². The standard InChI is InChI=1S/C22H19F4N5O4/c1-11-17(19(32)30-13-5-3-4-6-14(13)33-2)18(31-22(29-11)27-10-28-31)12-7-8-15(34-20(23)24)16(9-12)35-21(25)26/h3-10,18,20-21H,1-2H3,(H,30,32)(H,27,28,29). The first kappa shape index (κ1) is 23.9. The number of rotatable bonds is 8. The molecule has 3 aromatic rings. The molecule has 9 nitrogen and oxygen atoms in total. The van der Waals surface area contributed by atoms with Gasteiger partial charge in [-0.3, -0.25) is 4.79 Å². The van der Waals surface area contributed by atoms with E-state index in [-0.39, 0.29) is 17.1 Å². The highest BCUT2D eigenvalue weighted by molar-refractivity contribution is 6.06. The van der Waals surface area contributed by atoms with E-state index in [9.17, 15) is 22.4 Å². The summed E-state index contributed by atoms with van der Waals surface area (Å²) >= 11 is 0. The Kier molecular flexibility index (Phi) is 6.75. The number of benzene rings is 2. The molecule has 2 aromatic carbocycles. The Morgan fingerprint density at radius 1 is 1.06 bits per heavy atom. The summed E-state index contributed by atoms with van der Waals surface area (Å²) < 4.78 is 66.9. The number of allylic oxidation sites excluding steroid dienone is 1. The number of hydrogen-bond donors (Lipinski definition) is 2. The van der Waals surface area contributed by atoms with Crippen molar-refractivity contribution in [3.8, 4) is 17.2 Å². The van der Waals surface area contributed by atoms with Crippen LogP contribution in [0.4, 0.5) is 29.2 Å². The number of halogens is 4. The van der Waals surface area contributed by atoms with Gasteiger partial charge in [-0.05, 0) is 36.8 Å². The predicted octanol–water partition coefficient (Wildman–Crippen LogP) is 4.42. The molecule has 0 saturated heterocycles. The molecule has 2 heterocycles. The molecule has 1 unspecified atom stereocenters. The highest BCUT2D eigenvalue weighted by Crippen LogP contribution is 2.40. The van der Waals surface area contributed by atoms with Gasteiger partial charge in [0.2, 0.25) is 5.95 Å². The van der Waals surface area contributed by atoms with Crippen LogP contribution < -0.4 is 24.8 Å². The number of para-hydroxylation sites is 2. The number of aromatic nitrogens is 3. The maximum absolute atomic E-state index is 13.4. The minimum absolute atomic E-state index is 0.166. The van der Waals surface area contributed by atoms with Gasteiger partial charge in [0.05, 0.1) is 18.4 Å². The van der Waals surface area contributed by atoms with E-state index < -0.39 is 36.7 Å². The van der Waals surface area contributed by atoms with Crippen LogP contribution in [0.25, 0.3) is 0 Å². The summed E-state index contributed by atoms with van der Waals surface area (Å²) in [5.41, 5.74) is 1.21. The zero-order valence-electron chi connectivity index (χ0n) is 18.3. The Hall–Kier alpha value is -4.29. The van der Waals surface area contributed by atoms with E-state index >= 15 is 0 Å². The summed E-state index contributed by atoms with van der Waals surface area (Å²) in [4.78, 5) is 17.5. The molecule has 1 aliphatic heterocycles. The van der Waals surface area contributed by atoms with Crippen molar-refractivity contribution in [1.82, 2.24) is 14.8 Å². The second-order valence-corrected chi connectivity index (χ2v) is 7.21. The van der Waals surface area contributed by atoms with Crippen molar-refractivity contribution in [3.63, 3.8) is 0 Å². The van der Waals surface area contributed by atoms with Crippen molar-refractivity contribution in [3.05, 3.63) is 65.6 Å². The summed E-state index contributed by atoms with van der Waals surface area (Å²) in [6.07, 6.45) is 1.24. The lowest BCUT2D eigenvalue weighted by Crippen LogP contribution is -2.31. The normalized spacial score (nSPS) is 15.0. The van der Waals surface area contributed by atoms with Crippen molar-refractivity contribution in [2.45, 2.75) is 26.2 Å². The lowest BCUT2D eigenvalue weighted by Gasteiger charge is -2.29. The van der Waals surface area contributed by atoms with Gasteiger partial charge < -0.3 is 24.8 Å². The van der Waals surface area contributed by atoms with Crippen LogP contribution in [0.3, 0.4) is 0 Å². The van der Waals surface area contributed by atoms with Crippen LogP contribution in [0.15, 0.2) is 60.1 Å². The summed E-state index contributed by atoms with van der Waals surface area (Å²) in [5, 5.41) is 9.89. The number of amides is 1. The molecule has 1 aromatic heterocycles. The van der Waals surface area contributed by atoms with E-state index in [2.05, 4.69) is 30.2 Å². The molecule has 2 N–H and O–H groups in total. The highest BCUT2D eigenvalue weighted by atomic mass is 19.3. The van der Waals surface area contributed by atoms with E-state index in [1.165, 1.54) is 24.2 Å². The van der Waals surface area contributed by atoms with Gasteiger partial charge in [0, 0.05) is 5.70 Å². The quantitative estimate of drug-likeness (QED) is 0.449. The number of fused-ring (bicyclic) bond motifs is 1. The van der Waals surface area contributed by atoms with Crippen LogP contribution in [-0.2, 0) is 4.79 Å². The van der Waals surface area contributed by atoms with Gasteiger partial charge in [-0.25, -0.2) is 4.68 Å². The summed E-state index contributed by atoms with van der Waals surface area (Å²) in [6, 6.07) is 9.28. The molecule has 0 fully saturated rings. The van der Waals surface area contributed by atoms with Crippen LogP contribution in [0.5, 0.6) is 17.2 Å². The Morgan fingerprint density at radius 3 is 2.49 bits per heavy atom. The number of alkyl halides is 4. The average molecular weight is 493 g/mol. The number of methoxy groups -OCH3 is 1. The minimum atomic E-state index is -3.30. The maximum atomic E-state index is 13.4. The van der Waals surface area contributed by atoms with Crippen molar-refractivity contribution in [2.75, 3.05) is 17.7 Å². The zero-order chi connectivity index (χ0) is 25.1. The number of nitrogens with zero attached hydrogens (tertiary/aromatic N) is 3. The molecule has 1 amide bonds. The Labute approximate surface area is 196 Å². The van der Waals surface area contributed by atoms with E-state index in [4.69, 9.17) is 4.74 Å². The van der Waals surface area contributed by atoms with Crippen LogP contribution in [0.2, 0.25) is 0 Å². The number of carbonyl (C=O) groups excluding carboxylic acids is 1. The molecule has 0 aliphatic carbocycles. The molecule has 1 atom stereocenters. The SMILES string of the molecule is COc1ccccc1NC(=O)C1=C(C)Nc2ncnn2C1c1ccc(OC(F)F)c(OC(F)F)c1. The zero-order valence-corrected chi connectivity index (χ0v) is 18.3. The topological polar surface area (TPSA) is 99.5 Å². The molecular formula is C22H19F4N5O4. The summed E-state index contributed by atoms with van der Waals surface area (Å²) in [7, 11) is 1.45. The van der Waals surface area contributed by atoms with Crippen LogP contribution >= 0.6 is 0 Å². The van der Waals surface area contributed by atoms with Crippen LogP contribution in [-0.4, -0.2) is 41.0 Å². The van der Waals surface area contributed by atoms with E-state index in [1.54, 1.807) is 31.2 Å². The lowest BCUT2D eigenvalue weighted by atomic mass is 9.94. The minimum Gasteiger partial charge on any atom is -0.495 e. The van der Waals surface area contributed by atoms with E-state index in [1.807, 2.05) is 0 Å². The number of carbonyl (C=O) groups is 1. The molecule has 184 valence electrons. The number of anilines is 2. The first-order valence-electron chi connectivity index (χ1n) is 10.1. The molecule has 0 radical (unpaired) electrons. The third kappa shape index (κ3) is 4.98. The first-order chi connectivity index (χ1) is 16.8. The highest BCUT2D eigenvalue weighted by Gasteiger charge is 2.34. The van der Waals surface area contributed by atoms with Gasteiger partial charge in [-0.2, -0.15) is 27.6 Å². The smallest absolute Gasteiger partial charge is 0.387 e. The maximum Gasteiger partial charge on any atom is 0.387 e. The number of ether oxygens (including phenoxy) is 3. The van der Waals surface area contributed by atoms with Crippen LogP contribution in [0, 0.1) is 0 Å². The van der Waals surface area contributed by atoms with Gasteiger partial charge in [-0.1, -0.05) is 18.2 Å². The average Bonchev–Trinajstić information content (AvgIpc) is 3.27. The van der Waals surface area contributed by atoms with Crippen molar-refractivity contribution in [1.29, 1.82) is 0 Å². The monoisotopic (exact) mass is 493 g/mol. The summed E-state index contributed by atoms with van der Waals surface area (Å²) in [6.45, 7) is -4.93. The van der Waals surface area contributed by atoms with Gasteiger partial charge in [0.15, 0.2) is 11.5 Å². The second-order valence-electron chi connectivity index (χ2n) is 7.21. The summed E-state index contributed by atoms with van der Waals surface area (Å²) in [5.74, 6) is -1.06. The fourth-order valence-electron chi connectivity index (χ4n) is 3.71. The van der Waals surface area contributed by atoms with Gasteiger partial charge >= 0.3 is 13.2 Å². The molecule has 13 heteroatoms. The Balaban J connectivity index is 1.78. The molecule has 4 rings (SSSR count). The number of nitrogens with one attached hydrogen (secondary N) is 2. The Morgan fingerprint density at radius 2 is 1.77 bits per heavy atom. The van der Waals surface area contributed by atoms with Gasteiger partial charge in [0.25, 0.3) is 5.91 Å². The van der Waals surface area contributed by atoms with Crippen molar-refractivity contribution >= 4 is 17.5 Å². The fourth-order valence-corrected chi connectivity index (χ4v) is 3.71. The van der Waals surface area contributed by atoms with Crippen molar-refractivity contribution in [2.24, 2.45) is 0 Å². The second kappa shape index (κ2) is 9.91.